The van der Waals surface area contributed by atoms with Gasteiger partial charge in [0.1, 0.15) is 0 Å². The molecule has 1 unspecified atom stereocenters. The first-order valence-corrected chi connectivity index (χ1v) is 6.63. The molecule has 0 spiro atoms. The molecule has 1 N–H and O–H groups in total. The van der Waals surface area contributed by atoms with Crippen molar-refractivity contribution in [3.8, 4) is 11.5 Å². The Balaban J connectivity index is 1.69. The van der Waals surface area contributed by atoms with Gasteiger partial charge in [0.05, 0.1) is 0 Å². The normalized spacial score (nSPS) is 21.9. The lowest BCUT2D eigenvalue weighted by molar-refractivity contribution is 0.174. The Labute approximate surface area is 108 Å². The molecule has 0 bridgehead atoms. The lowest BCUT2D eigenvalue weighted by atomic mass is 10.2. The lowest BCUT2D eigenvalue weighted by Crippen LogP contribution is -2.36. The molecule has 1 fully saturated rings. The number of rotatable bonds is 3. The van der Waals surface area contributed by atoms with Crippen molar-refractivity contribution < 1.29 is 9.47 Å². The molecule has 98 valence electrons. The Morgan fingerprint density at radius 1 is 1.28 bits per heavy atom. The quantitative estimate of drug-likeness (QED) is 0.887. The number of benzene rings is 1. The summed E-state index contributed by atoms with van der Waals surface area (Å²) in [5.41, 5.74) is 1.23. The summed E-state index contributed by atoms with van der Waals surface area (Å²) in [5, 5.41) is 3.60. The van der Waals surface area contributed by atoms with Gasteiger partial charge in [-0.25, -0.2) is 0 Å². The van der Waals surface area contributed by atoms with Crippen molar-refractivity contribution in [3.63, 3.8) is 0 Å². The summed E-state index contributed by atoms with van der Waals surface area (Å²) in [6.07, 6.45) is 1.20. The predicted molar refractivity (Wildman–Crippen MR) is 71.5 cm³/mol. The standard InChI is InChI=1S/C14H20N2O2/c1-10(2)15-11-5-6-16(8-11)12-3-4-13-14(7-12)18-9-17-13/h3-4,7,10-11,15H,5-6,8-9H2,1-2H3. The maximum absolute atomic E-state index is 5.43. The van der Waals surface area contributed by atoms with Gasteiger partial charge in [0.2, 0.25) is 6.79 Å². The highest BCUT2D eigenvalue weighted by Gasteiger charge is 2.24. The van der Waals surface area contributed by atoms with Gasteiger partial charge in [0.25, 0.3) is 0 Å². The van der Waals surface area contributed by atoms with E-state index in [0.29, 0.717) is 18.9 Å². The van der Waals surface area contributed by atoms with E-state index >= 15 is 0 Å². The molecule has 1 aromatic rings. The molecule has 0 radical (unpaired) electrons. The van der Waals surface area contributed by atoms with Crippen molar-refractivity contribution >= 4 is 5.69 Å². The fourth-order valence-electron chi connectivity index (χ4n) is 2.68. The zero-order valence-corrected chi connectivity index (χ0v) is 11.0. The Bertz CT molecular complexity index is 434. The Hall–Kier alpha value is -1.42. The Morgan fingerprint density at radius 3 is 2.94 bits per heavy atom. The molecule has 2 heterocycles. The number of anilines is 1. The van der Waals surface area contributed by atoms with E-state index < -0.39 is 0 Å². The van der Waals surface area contributed by atoms with E-state index in [0.717, 1.165) is 24.6 Å². The van der Waals surface area contributed by atoms with Gasteiger partial charge in [0, 0.05) is 36.9 Å². The van der Waals surface area contributed by atoms with Crippen LogP contribution in [0.2, 0.25) is 0 Å². The molecule has 1 saturated heterocycles. The molecule has 1 atom stereocenters. The smallest absolute Gasteiger partial charge is 0.231 e. The van der Waals surface area contributed by atoms with Crippen LogP contribution >= 0.6 is 0 Å². The van der Waals surface area contributed by atoms with Crippen LogP contribution < -0.4 is 19.7 Å². The van der Waals surface area contributed by atoms with Crippen molar-refractivity contribution in [1.82, 2.24) is 5.32 Å². The highest BCUT2D eigenvalue weighted by atomic mass is 16.7. The van der Waals surface area contributed by atoms with Gasteiger partial charge in [-0.3, -0.25) is 0 Å². The molecule has 2 aliphatic heterocycles. The van der Waals surface area contributed by atoms with Gasteiger partial charge in [-0.05, 0) is 18.6 Å². The fourth-order valence-corrected chi connectivity index (χ4v) is 2.68. The minimum absolute atomic E-state index is 0.344. The van der Waals surface area contributed by atoms with Crippen LogP contribution in [0.3, 0.4) is 0 Å². The SMILES string of the molecule is CC(C)NC1CCN(c2ccc3c(c2)OCO3)C1. The van der Waals surface area contributed by atoms with Gasteiger partial charge in [-0.1, -0.05) is 13.8 Å². The van der Waals surface area contributed by atoms with E-state index in [9.17, 15) is 0 Å². The van der Waals surface area contributed by atoms with Crippen molar-refractivity contribution in [2.24, 2.45) is 0 Å². The third kappa shape index (κ3) is 2.25. The zero-order valence-electron chi connectivity index (χ0n) is 11.0. The average Bonchev–Trinajstić information content (AvgIpc) is 2.95. The molecule has 0 saturated carbocycles. The maximum Gasteiger partial charge on any atom is 0.231 e. The van der Waals surface area contributed by atoms with Gasteiger partial charge in [-0.2, -0.15) is 0 Å². The molecular formula is C14H20N2O2. The Kier molecular flexibility index (Phi) is 3.04. The third-order valence-corrected chi connectivity index (χ3v) is 3.48. The number of hydrogen-bond acceptors (Lipinski definition) is 4. The Morgan fingerprint density at radius 2 is 2.11 bits per heavy atom. The molecule has 0 amide bonds. The lowest BCUT2D eigenvalue weighted by Gasteiger charge is -2.20. The first kappa shape index (κ1) is 11.7. The zero-order chi connectivity index (χ0) is 12.5. The topological polar surface area (TPSA) is 33.7 Å². The van der Waals surface area contributed by atoms with Gasteiger partial charge < -0.3 is 19.7 Å². The van der Waals surface area contributed by atoms with E-state index in [1.54, 1.807) is 0 Å². The monoisotopic (exact) mass is 248 g/mol. The molecule has 4 nitrogen and oxygen atoms in total. The molecule has 4 heteroatoms. The van der Waals surface area contributed by atoms with Gasteiger partial charge in [-0.15, -0.1) is 0 Å². The molecule has 1 aromatic carbocycles. The van der Waals surface area contributed by atoms with E-state index in [-0.39, 0.29) is 0 Å². The van der Waals surface area contributed by atoms with Crippen molar-refractivity contribution in [3.05, 3.63) is 18.2 Å². The highest BCUT2D eigenvalue weighted by molar-refractivity contribution is 5.57. The van der Waals surface area contributed by atoms with Gasteiger partial charge in [0.15, 0.2) is 11.5 Å². The van der Waals surface area contributed by atoms with Gasteiger partial charge >= 0.3 is 0 Å². The van der Waals surface area contributed by atoms with Crippen LogP contribution in [0.5, 0.6) is 11.5 Å². The van der Waals surface area contributed by atoms with Crippen LogP contribution in [0, 0.1) is 0 Å². The van der Waals surface area contributed by atoms with Crippen LogP contribution in [0.25, 0.3) is 0 Å². The molecule has 0 aliphatic carbocycles. The number of nitrogens with one attached hydrogen (secondary N) is 1. The second-order valence-electron chi connectivity index (χ2n) is 5.29. The maximum atomic E-state index is 5.43. The first-order valence-electron chi connectivity index (χ1n) is 6.63. The second kappa shape index (κ2) is 4.69. The minimum atomic E-state index is 0.344. The average molecular weight is 248 g/mol. The summed E-state index contributed by atoms with van der Waals surface area (Å²) in [6.45, 7) is 6.91. The number of hydrogen-bond donors (Lipinski definition) is 1. The summed E-state index contributed by atoms with van der Waals surface area (Å²) in [7, 11) is 0. The fraction of sp³-hybridized carbons (Fsp3) is 0.571. The summed E-state index contributed by atoms with van der Waals surface area (Å²) in [6, 6.07) is 7.34. The van der Waals surface area contributed by atoms with Crippen LogP contribution in [0.4, 0.5) is 5.69 Å². The molecule has 0 aromatic heterocycles. The summed E-state index contributed by atoms with van der Waals surface area (Å²) in [5.74, 6) is 1.72. The van der Waals surface area contributed by atoms with Crippen molar-refractivity contribution in [2.75, 3.05) is 24.8 Å². The van der Waals surface area contributed by atoms with E-state index in [1.165, 1.54) is 12.1 Å². The molecular weight excluding hydrogens is 228 g/mol. The minimum Gasteiger partial charge on any atom is -0.454 e. The van der Waals surface area contributed by atoms with E-state index in [4.69, 9.17) is 9.47 Å². The predicted octanol–water partition coefficient (Wildman–Crippen LogP) is 1.99. The van der Waals surface area contributed by atoms with E-state index in [1.807, 2.05) is 6.07 Å². The number of fused-ring (bicyclic) bond motifs is 1. The second-order valence-corrected chi connectivity index (χ2v) is 5.29. The van der Waals surface area contributed by atoms with Crippen LogP contribution in [0.1, 0.15) is 20.3 Å². The largest absolute Gasteiger partial charge is 0.454 e. The third-order valence-electron chi connectivity index (χ3n) is 3.48. The van der Waals surface area contributed by atoms with Crippen LogP contribution in [0.15, 0.2) is 18.2 Å². The van der Waals surface area contributed by atoms with Crippen molar-refractivity contribution in [1.29, 1.82) is 0 Å². The number of ether oxygens (including phenoxy) is 2. The highest BCUT2D eigenvalue weighted by Crippen LogP contribution is 2.36. The molecule has 2 aliphatic rings. The van der Waals surface area contributed by atoms with Crippen LogP contribution in [-0.4, -0.2) is 32.0 Å². The molecule has 3 rings (SSSR count). The number of nitrogens with zero attached hydrogens (tertiary/aromatic N) is 1. The summed E-state index contributed by atoms with van der Waals surface area (Å²) >= 11 is 0. The van der Waals surface area contributed by atoms with Crippen LogP contribution in [-0.2, 0) is 0 Å². The molecule has 18 heavy (non-hydrogen) atoms. The summed E-state index contributed by atoms with van der Waals surface area (Å²) in [4.78, 5) is 2.40. The van der Waals surface area contributed by atoms with Crippen molar-refractivity contribution in [2.45, 2.75) is 32.4 Å². The summed E-state index contributed by atoms with van der Waals surface area (Å²) < 4.78 is 10.8. The first-order chi connectivity index (χ1) is 8.72. The van der Waals surface area contributed by atoms with E-state index in [2.05, 4.69) is 36.2 Å².